The molecule has 0 aliphatic heterocycles. The minimum Gasteiger partial charge on any atom is -0.211 e. The summed E-state index contributed by atoms with van der Waals surface area (Å²) in [6, 6.07) is 1.62. The van der Waals surface area contributed by atoms with Crippen molar-refractivity contribution >= 4 is 141 Å². The van der Waals surface area contributed by atoms with Crippen LogP contribution in [0.1, 0.15) is 0 Å². The molecule has 0 bridgehead atoms. The fourth-order valence-corrected chi connectivity index (χ4v) is 5.30. The lowest BCUT2D eigenvalue weighted by atomic mass is 10.2. The molecule has 2 aromatic rings. The topological polar surface area (TPSA) is 118 Å². The number of rotatable bonds is 4. The monoisotopic (exact) mass is 690 g/mol. The van der Waals surface area contributed by atoms with Gasteiger partial charge in [-0.05, 0) is 53.9 Å². The molecule has 2 rings (SSSR count). The molecule has 0 N–H and O–H groups in total. The van der Waals surface area contributed by atoms with E-state index in [9.17, 15) is 19.2 Å². The Labute approximate surface area is 218 Å². The first kappa shape index (κ1) is 27.6. The molecule has 0 unspecified atom stereocenters. The molecule has 0 aromatic heterocycles. The molecule has 0 saturated heterocycles. The number of hydrogen-bond donors (Lipinski definition) is 0. The summed E-state index contributed by atoms with van der Waals surface area (Å²) < 4.78 is 1.57. The maximum Gasteiger partial charge on any atom is 0.240 e. The average Bonchev–Trinajstić information content (AvgIpc) is 2.73. The molecule has 0 amide bonds. The van der Waals surface area contributed by atoms with Gasteiger partial charge in [-0.3, -0.25) is 0 Å². The summed E-state index contributed by atoms with van der Waals surface area (Å²) in [6.07, 6.45) is 5.32. The third-order valence-electron chi connectivity index (χ3n) is 2.97. The van der Waals surface area contributed by atoms with Crippen molar-refractivity contribution in [2.45, 2.75) is 0 Å². The summed E-state index contributed by atoms with van der Waals surface area (Å²) in [5, 5.41) is -0.531. The van der Waals surface area contributed by atoms with E-state index in [0.29, 0.717) is 24.8 Å². The van der Waals surface area contributed by atoms with E-state index < -0.39 is 0 Å². The van der Waals surface area contributed by atoms with Gasteiger partial charge in [-0.25, -0.2) is 19.2 Å². The highest BCUT2D eigenvalue weighted by Crippen LogP contribution is 2.49. The van der Waals surface area contributed by atoms with Crippen molar-refractivity contribution in [2.75, 3.05) is 0 Å². The van der Waals surface area contributed by atoms with Gasteiger partial charge >= 0.3 is 0 Å². The SMILES string of the molecule is O=C=Nc1c(Br)cc(Br)c(N=C=O)c1Br.O=C=Nc1c(Cl)c(Cl)c(Cl)c(N=C=O)c1Cl. The highest BCUT2D eigenvalue weighted by molar-refractivity contribution is 9.11. The van der Waals surface area contributed by atoms with Gasteiger partial charge in [0.25, 0.3) is 0 Å². The van der Waals surface area contributed by atoms with Crippen LogP contribution in [0, 0.1) is 0 Å². The van der Waals surface area contributed by atoms with Crippen molar-refractivity contribution in [1.82, 2.24) is 0 Å². The van der Waals surface area contributed by atoms with Crippen LogP contribution in [-0.4, -0.2) is 24.3 Å². The van der Waals surface area contributed by atoms with Crippen LogP contribution in [0.2, 0.25) is 20.1 Å². The molecule has 0 spiro atoms. The van der Waals surface area contributed by atoms with Gasteiger partial charge in [0, 0.05) is 8.95 Å². The Morgan fingerprint density at radius 1 is 0.548 bits per heavy atom. The van der Waals surface area contributed by atoms with Crippen LogP contribution in [0.3, 0.4) is 0 Å². The zero-order valence-corrected chi connectivity index (χ0v) is 21.9. The Morgan fingerprint density at radius 2 is 0.871 bits per heavy atom. The van der Waals surface area contributed by atoms with Crippen LogP contribution in [-0.2, 0) is 19.2 Å². The predicted molar refractivity (Wildman–Crippen MR) is 127 cm³/mol. The highest BCUT2D eigenvalue weighted by Gasteiger charge is 2.20. The molecule has 0 atom stereocenters. The molecule has 15 heteroatoms. The molecule has 8 nitrogen and oxygen atoms in total. The second-order valence-corrected chi connectivity index (χ2v) is 8.63. The van der Waals surface area contributed by atoms with Crippen LogP contribution >= 0.6 is 94.2 Å². The Morgan fingerprint density at radius 3 is 1.19 bits per heavy atom. The first-order valence-corrected chi connectivity index (χ1v) is 10.9. The maximum atomic E-state index is 10.2. The lowest BCUT2D eigenvalue weighted by Crippen LogP contribution is -1.79. The van der Waals surface area contributed by atoms with E-state index in [0.717, 1.165) is 0 Å². The molecule has 0 heterocycles. The third kappa shape index (κ3) is 6.77. The minimum atomic E-state index is -0.175. The standard InChI is InChI=1S/C8HBr3N2O2.C8Cl4N2O2/c9-4-1-5(10)8(13-3-15)6(11)7(4)12-2-14;9-3-4(10)7(13-1-15)6(12)8(5(3)11)14-2-16/h1H;. The molecular formula is C16HBr3Cl4N4O4. The summed E-state index contributed by atoms with van der Waals surface area (Å²) in [5.41, 5.74) is 0.341. The zero-order chi connectivity index (χ0) is 23.7. The number of nitrogens with zero attached hydrogens (tertiary/aromatic N) is 4. The van der Waals surface area contributed by atoms with E-state index in [-0.39, 0.29) is 31.5 Å². The van der Waals surface area contributed by atoms with Crippen LogP contribution in [0.15, 0.2) is 39.5 Å². The van der Waals surface area contributed by atoms with Gasteiger partial charge in [0.05, 0.1) is 24.6 Å². The lowest BCUT2D eigenvalue weighted by molar-refractivity contribution is 0.564. The number of isocyanates is 4. The summed E-state index contributed by atoms with van der Waals surface area (Å²) in [6.45, 7) is 0. The third-order valence-corrected chi connectivity index (χ3v) is 6.59. The van der Waals surface area contributed by atoms with Gasteiger partial charge in [0.2, 0.25) is 24.3 Å². The second kappa shape index (κ2) is 13.2. The van der Waals surface area contributed by atoms with E-state index in [2.05, 4.69) is 67.8 Å². The summed E-state index contributed by atoms with van der Waals surface area (Å²) >= 11 is 32.6. The summed E-state index contributed by atoms with van der Waals surface area (Å²) in [7, 11) is 0. The highest BCUT2D eigenvalue weighted by atomic mass is 79.9. The van der Waals surface area contributed by atoms with Crippen molar-refractivity contribution in [3.8, 4) is 0 Å². The molecular weight excluding hydrogens is 694 g/mol. The van der Waals surface area contributed by atoms with Crippen LogP contribution < -0.4 is 0 Å². The number of halogens is 7. The number of aliphatic imine (C=N–C) groups is 4. The molecule has 0 saturated carbocycles. The first-order chi connectivity index (χ1) is 14.7. The Hall–Kier alpha value is -1.44. The molecule has 0 fully saturated rings. The fraction of sp³-hybridized carbons (Fsp3) is 0. The lowest BCUT2D eigenvalue weighted by Gasteiger charge is -2.07. The molecule has 0 aliphatic rings. The van der Waals surface area contributed by atoms with Crippen molar-refractivity contribution in [1.29, 1.82) is 0 Å². The second-order valence-electron chi connectivity index (χ2n) is 4.62. The van der Waals surface area contributed by atoms with Gasteiger partial charge in [-0.15, -0.1) is 0 Å². The van der Waals surface area contributed by atoms with E-state index in [1.807, 2.05) is 0 Å². The number of carbonyl (C=O) groups excluding carboxylic acids is 4. The van der Waals surface area contributed by atoms with Gasteiger partial charge in [0.1, 0.15) is 22.7 Å². The predicted octanol–water partition coefficient (Wildman–Crippen LogP) is 8.14. The van der Waals surface area contributed by atoms with Crippen LogP contribution in [0.4, 0.5) is 22.7 Å². The van der Waals surface area contributed by atoms with E-state index in [1.165, 1.54) is 24.3 Å². The molecule has 31 heavy (non-hydrogen) atoms. The van der Waals surface area contributed by atoms with Crippen molar-refractivity contribution in [3.05, 3.63) is 39.6 Å². The zero-order valence-electron chi connectivity index (χ0n) is 14.1. The first-order valence-electron chi connectivity index (χ1n) is 7.01. The number of benzene rings is 2. The van der Waals surface area contributed by atoms with Gasteiger partial charge in [-0.2, -0.15) is 20.0 Å². The Bertz CT molecular complexity index is 1160. The van der Waals surface area contributed by atoms with Crippen LogP contribution in [0.5, 0.6) is 0 Å². The average molecular weight is 695 g/mol. The molecule has 0 aliphatic carbocycles. The quantitative estimate of drug-likeness (QED) is 0.139. The summed E-state index contributed by atoms with van der Waals surface area (Å²) in [5.74, 6) is 0. The van der Waals surface area contributed by atoms with Crippen molar-refractivity contribution < 1.29 is 19.2 Å². The molecule has 0 radical (unpaired) electrons. The Kier molecular flexibility index (Phi) is 11.7. The fourth-order valence-electron chi connectivity index (χ4n) is 1.76. The van der Waals surface area contributed by atoms with Crippen molar-refractivity contribution in [2.24, 2.45) is 20.0 Å². The number of hydrogen-bond acceptors (Lipinski definition) is 8. The van der Waals surface area contributed by atoms with Crippen LogP contribution in [0.25, 0.3) is 0 Å². The molecule has 2 aromatic carbocycles. The normalized spacial score (nSPS) is 9.13. The van der Waals surface area contributed by atoms with Gasteiger partial charge < -0.3 is 0 Å². The van der Waals surface area contributed by atoms with E-state index in [4.69, 9.17) is 46.4 Å². The van der Waals surface area contributed by atoms with E-state index >= 15 is 0 Å². The van der Waals surface area contributed by atoms with Crippen molar-refractivity contribution in [3.63, 3.8) is 0 Å². The molecule has 158 valence electrons. The Balaban J connectivity index is 0.000000311. The van der Waals surface area contributed by atoms with Gasteiger partial charge in [-0.1, -0.05) is 46.4 Å². The smallest absolute Gasteiger partial charge is 0.211 e. The van der Waals surface area contributed by atoms with Gasteiger partial charge in [0.15, 0.2) is 0 Å². The largest absolute Gasteiger partial charge is 0.240 e. The van der Waals surface area contributed by atoms with E-state index in [1.54, 1.807) is 6.07 Å². The minimum absolute atomic E-state index is 0.115. The maximum absolute atomic E-state index is 10.2. The summed E-state index contributed by atoms with van der Waals surface area (Å²) in [4.78, 5) is 54.1.